The molecule has 2 heterocycles. The summed E-state index contributed by atoms with van der Waals surface area (Å²) in [5.74, 6) is 2.65. The standard InChI is InChI=1S/C35H43NO4S/c1-7-9-10-27-15-16-36(22-27)17-18-39-26(6)11-13-29(8-2)40-34-30-14-12-28(37)21-31(30)41-35(34)33(38)32-24(4)19-23(3)20-25(32)5/h8,11-14,19-21,27,37H,2,7,9-10,15-18,22H2,1,3-6H3/b26-11+,29-13+. The molecule has 0 bridgehead atoms. The largest absolute Gasteiger partial charge is 0.508 e. The maximum atomic E-state index is 13.9. The number of hydrogen-bond acceptors (Lipinski definition) is 6. The van der Waals surface area contributed by atoms with E-state index >= 15 is 0 Å². The van der Waals surface area contributed by atoms with Crippen molar-refractivity contribution in [3.05, 3.63) is 93.8 Å². The molecule has 5 nitrogen and oxygen atoms in total. The number of phenolic OH excluding ortho intramolecular Hbond substituents is 1. The molecule has 1 saturated heterocycles. The Morgan fingerprint density at radius 3 is 2.63 bits per heavy atom. The second-order valence-corrected chi connectivity index (χ2v) is 12.2. The van der Waals surface area contributed by atoms with E-state index in [0.717, 1.165) is 51.5 Å². The van der Waals surface area contributed by atoms with Crippen molar-refractivity contribution >= 4 is 27.2 Å². The molecule has 4 rings (SSSR count). The molecule has 1 fully saturated rings. The lowest BCUT2D eigenvalue weighted by Crippen LogP contribution is -2.25. The maximum absolute atomic E-state index is 13.9. The molecule has 0 spiro atoms. The highest BCUT2D eigenvalue weighted by Gasteiger charge is 2.25. The Kier molecular flexibility index (Phi) is 10.5. The van der Waals surface area contributed by atoms with E-state index in [2.05, 4.69) is 18.4 Å². The Bertz CT molecular complexity index is 1440. The van der Waals surface area contributed by atoms with Crippen LogP contribution in [-0.4, -0.2) is 42.0 Å². The number of hydrogen-bond donors (Lipinski definition) is 1. The zero-order valence-corrected chi connectivity index (χ0v) is 25.9. The number of rotatable bonds is 13. The predicted octanol–water partition coefficient (Wildman–Crippen LogP) is 8.64. The summed E-state index contributed by atoms with van der Waals surface area (Å²) >= 11 is 1.33. The van der Waals surface area contributed by atoms with Gasteiger partial charge in [0, 0.05) is 28.7 Å². The lowest BCUT2D eigenvalue weighted by Gasteiger charge is -2.16. The van der Waals surface area contributed by atoms with Crippen LogP contribution in [0, 0.1) is 26.7 Å². The van der Waals surface area contributed by atoms with Crippen molar-refractivity contribution in [3.63, 3.8) is 0 Å². The highest BCUT2D eigenvalue weighted by Crippen LogP contribution is 2.42. The number of phenols is 1. The molecule has 1 aliphatic heterocycles. The van der Waals surface area contributed by atoms with Crippen molar-refractivity contribution in [2.24, 2.45) is 5.92 Å². The molecule has 3 aromatic rings. The molecule has 0 aliphatic carbocycles. The molecule has 1 aliphatic rings. The normalized spacial score (nSPS) is 16.4. The molecule has 1 aromatic heterocycles. The second kappa shape index (κ2) is 14.0. The summed E-state index contributed by atoms with van der Waals surface area (Å²) in [5, 5.41) is 10.9. The molecular formula is C35H43NO4S. The summed E-state index contributed by atoms with van der Waals surface area (Å²) in [4.78, 5) is 16.9. The van der Waals surface area contributed by atoms with E-state index in [9.17, 15) is 9.90 Å². The summed E-state index contributed by atoms with van der Waals surface area (Å²) in [6.07, 6.45) is 10.5. The summed E-state index contributed by atoms with van der Waals surface area (Å²) in [7, 11) is 0. The van der Waals surface area contributed by atoms with Crippen LogP contribution in [0.15, 0.2) is 66.7 Å². The monoisotopic (exact) mass is 573 g/mol. The number of fused-ring (bicyclic) bond motifs is 1. The molecule has 1 atom stereocenters. The van der Waals surface area contributed by atoms with Gasteiger partial charge in [-0.25, -0.2) is 0 Å². The highest BCUT2D eigenvalue weighted by molar-refractivity contribution is 7.21. The Balaban J connectivity index is 1.50. The minimum atomic E-state index is -0.0898. The third-order valence-electron chi connectivity index (χ3n) is 7.71. The van der Waals surface area contributed by atoms with E-state index < -0.39 is 0 Å². The first kappa shape index (κ1) is 30.6. The SMILES string of the molecule is C=C/C(=C\C=C(/C)OCCN1CCC(CCCC)C1)Oc1c(C(=O)c2c(C)cc(C)cc2C)sc2cc(O)ccc12. The van der Waals surface area contributed by atoms with Gasteiger partial charge in [-0.3, -0.25) is 9.69 Å². The molecule has 0 saturated carbocycles. The number of benzene rings is 2. The van der Waals surface area contributed by atoms with Gasteiger partial charge in [0.25, 0.3) is 0 Å². The van der Waals surface area contributed by atoms with Gasteiger partial charge >= 0.3 is 0 Å². The van der Waals surface area contributed by atoms with E-state index in [0.29, 0.717) is 28.6 Å². The number of aryl methyl sites for hydroxylation is 3. The topological polar surface area (TPSA) is 59.0 Å². The van der Waals surface area contributed by atoms with Crippen molar-refractivity contribution in [1.29, 1.82) is 0 Å². The number of allylic oxidation sites excluding steroid dienone is 4. The third-order valence-corrected chi connectivity index (χ3v) is 8.85. The molecular weight excluding hydrogens is 530 g/mol. The van der Waals surface area contributed by atoms with Crippen molar-refractivity contribution in [1.82, 2.24) is 4.90 Å². The number of aromatic hydroxyl groups is 1. The molecule has 0 radical (unpaired) electrons. The summed E-state index contributed by atoms with van der Waals surface area (Å²) < 4.78 is 13.1. The lowest BCUT2D eigenvalue weighted by atomic mass is 9.95. The quantitative estimate of drug-likeness (QED) is 0.126. The summed E-state index contributed by atoms with van der Waals surface area (Å²) in [6.45, 7) is 18.0. The average Bonchev–Trinajstić information content (AvgIpc) is 3.53. The van der Waals surface area contributed by atoms with Crippen LogP contribution >= 0.6 is 11.3 Å². The van der Waals surface area contributed by atoms with E-state index in [1.165, 1.54) is 43.6 Å². The second-order valence-electron chi connectivity index (χ2n) is 11.1. The van der Waals surface area contributed by atoms with Crippen LogP contribution in [0.2, 0.25) is 0 Å². The first-order valence-corrected chi connectivity index (χ1v) is 15.4. The molecule has 1 unspecified atom stereocenters. The average molecular weight is 574 g/mol. The van der Waals surface area contributed by atoms with Gasteiger partial charge in [-0.05, 0) is 101 Å². The maximum Gasteiger partial charge on any atom is 0.207 e. The number of carbonyl (C=O) groups excluding carboxylic acids is 1. The van der Waals surface area contributed by atoms with Gasteiger partial charge in [0.1, 0.15) is 23.0 Å². The van der Waals surface area contributed by atoms with Crippen LogP contribution < -0.4 is 4.74 Å². The van der Waals surface area contributed by atoms with Gasteiger partial charge in [-0.2, -0.15) is 0 Å². The number of ether oxygens (including phenoxy) is 2. The van der Waals surface area contributed by atoms with Crippen molar-refractivity contribution in [2.75, 3.05) is 26.2 Å². The number of unbranched alkanes of at least 4 members (excludes halogenated alkanes) is 1. The first-order chi connectivity index (χ1) is 19.7. The van der Waals surface area contributed by atoms with Gasteiger partial charge in [0.05, 0.1) is 5.76 Å². The lowest BCUT2D eigenvalue weighted by molar-refractivity contribution is 0.103. The van der Waals surface area contributed by atoms with E-state index in [1.54, 1.807) is 24.3 Å². The molecule has 1 N–H and O–H groups in total. The number of carbonyl (C=O) groups is 1. The van der Waals surface area contributed by atoms with Crippen molar-refractivity contribution in [2.45, 2.75) is 60.3 Å². The van der Waals surface area contributed by atoms with Crippen LogP contribution in [0.1, 0.15) is 71.5 Å². The van der Waals surface area contributed by atoms with Crippen LogP contribution in [0.25, 0.3) is 10.1 Å². The van der Waals surface area contributed by atoms with Crippen molar-refractivity contribution < 1.29 is 19.4 Å². The summed E-state index contributed by atoms with van der Waals surface area (Å²) in [6, 6.07) is 9.12. The van der Waals surface area contributed by atoms with Gasteiger partial charge in [-0.15, -0.1) is 11.3 Å². The van der Waals surface area contributed by atoms with Crippen LogP contribution in [0.3, 0.4) is 0 Å². The predicted molar refractivity (Wildman–Crippen MR) is 170 cm³/mol. The minimum Gasteiger partial charge on any atom is -0.508 e. The fraction of sp³-hybridized carbons (Fsp3) is 0.400. The zero-order chi connectivity index (χ0) is 29.5. The van der Waals surface area contributed by atoms with Crippen LogP contribution in [0.4, 0.5) is 0 Å². The van der Waals surface area contributed by atoms with Crippen LogP contribution in [-0.2, 0) is 4.74 Å². The van der Waals surface area contributed by atoms with Gasteiger partial charge in [0.2, 0.25) is 5.78 Å². The smallest absolute Gasteiger partial charge is 0.207 e. The first-order valence-electron chi connectivity index (χ1n) is 14.6. The third kappa shape index (κ3) is 7.69. The number of thiophene rings is 1. The van der Waals surface area contributed by atoms with E-state index in [-0.39, 0.29) is 11.5 Å². The number of nitrogens with zero attached hydrogens (tertiary/aromatic N) is 1. The van der Waals surface area contributed by atoms with E-state index in [1.807, 2.05) is 52.0 Å². The molecule has 6 heteroatoms. The number of likely N-dealkylation sites (tertiary alicyclic amines) is 1. The Morgan fingerprint density at radius 1 is 1.17 bits per heavy atom. The molecule has 218 valence electrons. The Labute approximate surface area is 248 Å². The highest BCUT2D eigenvalue weighted by atomic mass is 32.1. The minimum absolute atomic E-state index is 0.0898. The van der Waals surface area contributed by atoms with Gasteiger partial charge in [-0.1, -0.05) is 44.0 Å². The molecule has 2 aromatic carbocycles. The van der Waals surface area contributed by atoms with E-state index in [4.69, 9.17) is 9.47 Å². The van der Waals surface area contributed by atoms with Gasteiger partial charge in [0.15, 0.2) is 5.75 Å². The molecule has 0 amide bonds. The van der Waals surface area contributed by atoms with Crippen LogP contribution in [0.5, 0.6) is 11.5 Å². The Hall–Kier alpha value is -3.35. The van der Waals surface area contributed by atoms with Crippen molar-refractivity contribution in [3.8, 4) is 11.5 Å². The summed E-state index contributed by atoms with van der Waals surface area (Å²) in [5.41, 5.74) is 3.66. The fourth-order valence-electron chi connectivity index (χ4n) is 5.65. The number of ketones is 1. The fourth-order valence-corrected chi connectivity index (χ4v) is 6.76. The molecule has 41 heavy (non-hydrogen) atoms. The van der Waals surface area contributed by atoms with Gasteiger partial charge < -0.3 is 14.6 Å². The Morgan fingerprint density at radius 2 is 1.93 bits per heavy atom. The zero-order valence-electron chi connectivity index (χ0n) is 25.1.